The molecule has 1 aliphatic heterocycles. The van der Waals surface area contributed by atoms with Gasteiger partial charge in [0.05, 0.1) is 5.56 Å². The van der Waals surface area contributed by atoms with Crippen LogP contribution in [0, 0.1) is 11.7 Å². The molecule has 100 valence electrons. The smallest absolute Gasteiger partial charge is 0.170 e. The van der Waals surface area contributed by atoms with E-state index in [-0.39, 0.29) is 11.3 Å². The first-order chi connectivity index (χ1) is 9.20. The predicted molar refractivity (Wildman–Crippen MR) is 67.9 cm³/mol. The summed E-state index contributed by atoms with van der Waals surface area (Å²) in [6, 6.07) is 4.22. The lowest BCUT2D eigenvalue weighted by Gasteiger charge is -2.22. The van der Waals surface area contributed by atoms with E-state index in [1.54, 1.807) is 0 Å². The first kappa shape index (κ1) is 12.1. The van der Waals surface area contributed by atoms with E-state index >= 15 is 0 Å². The maximum atomic E-state index is 13.9. The summed E-state index contributed by atoms with van der Waals surface area (Å²) in [6.45, 7) is 1.32. The van der Waals surface area contributed by atoms with E-state index in [0.29, 0.717) is 24.8 Å². The molecule has 2 heterocycles. The van der Waals surface area contributed by atoms with E-state index in [9.17, 15) is 9.50 Å². The van der Waals surface area contributed by atoms with E-state index in [1.807, 2.05) is 4.57 Å². The molecule has 19 heavy (non-hydrogen) atoms. The average Bonchev–Trinajstić information content (AvgIpc) is 2.81. The van der Waals surface area contributed by atoms with Crippen LogP contribution in [0.4, 0.5) is 4.39 Å². The molecule has 0 saturated carbocycles. The third kappa shape index (κ3) is 1.98. The van der Waals surface area contributed by atoms with Crippen LogP contribution >= 0.6 is 0 Å². The van der Waals surface area contributed by atoms with E-state index in [1.165, 1.54) is 18.2 Å². The number of hydrogen-bond donors (Lipinski definition) is 2. The number of nitrogens with two attached hydrogens (primary N) is 1. The second-order valence-corrected chi connectivity index (χ2v) is 4.82. The lowest BCUT2D eigenvalue weighted by atomic mass is 9.98. The number of halogens is 1. The Balaban J connectivity index is 2.07. The number of phenolic OH excluding ortho intramolecular Hbond substituents is 1. The van der Waals surface area contributed by atoms with Gasteiger partial charge in [-0.15, -0.1) is 10.2 Å². The lowest BCUT2D eigenvalue weighted by Crippen LogP contribution is -2.25. The minimum atomic E-state index is -0.490. The van der Waals surface area contributed by atoms with Gasteiger partial charge in [-0.25, -0.2) is 4.39 Å². The van der Waals surface area contributed by atoms with Gasteiger partial charge < -0.3 is 15.4 Å². The number of hydrogen-bond acceptors (Lipinski definition) is 4. The van der Waals surface area contributed by atoms with Gasteiger partial charge in [0.1, 0.15) is 17.4 Å². The van der Waals surface area contributed by atoms with Crippen molar-refractivity contribution in [2.45, 2.75) is 19.4 Å². The summed E-state index contributed by atoms with van der Waals surface area (Å²) in [5.41, 5.74) is 5.79. The SMILES string of the molecule is NCC1CCn2c(nnc2-c2c(O)cccc2F)C1. The molecule has 3 N–H and O–H groups in total. The fourth-order valence-corrected chi connectivity index (χ4v) is 2.51. The Bertz CT molecular complexity index is 590. The Morgan fingerprint density at radius 1 is 1.42 bits per heavy atom. The normalized spacial score (nSPS) is 18.3. The maximum Gasteiger partial charge on any atom is 0.170 e. The van der Waals surface area contributed by atoms with Gasteiger partial charge >= 0.3 is 0 Å². The standard InChI is InChI=1S/C13H15FN4O/c14-9-2-1-3-10(19)12(9)13-17-16-11-6-8(7-15)4-5-18(11)13/h1-3,8,19H,4-7,15H2. The number of aromatic hydroxyl groups is 1. The number of benzene rings is 1. The van der Waals surface area contributed by atoms with Crippen molar-refractivity contribution in [1.29, 1.82) is 0 Å². The summed E-state index contributed by atoms with van der Waals surface area (Å²) in [5.74, 6) is 0.992. The molecule has 1 atom stereocenters. The van der Waals surface area contributed by atoms with E-state index in [4.69, 9.17) is 5.73 Å². The molecule has 0 saturated heterocycles. The Hall–Kier alpha value is -1.95. The molecule has 0 spiro atoms. The number of aromatic nitrogens is 3. The Morgan fingerprint density at radius 3 is 3.00 bits per heavy atom. The molecule has 1 aromatic heterocycles. The zero-order valence-corrected chi connectivity index (χ0v) is 10.4. The van der Waals surface area contributed by atoms with Crippen molar-refractivity contribution >= 4 is 0 Å². The average molecular weight is 262 g/mol. The van der Waals surface area contributed by atoms with Crippen molar-refractivity contribution in [3.05, 3.63) is 29.8 Å². The number of phenols is 1. The quantitative estimate of drug-likeness (QED) is 0.855. The Labute approximate surface area is 109 Å². The zero-order chi connectivity index (χ0) is 13.4. The van der Waals surface area contributed by atoms with Crippen LogP contribution in [0.1, 0.15) is 12.2 Å². The summed E-state index contributed by atoms with van der Waals surface area (Å²) >= 11 is 0. The third-order valence-corrected chi connectivity index (χ3v) is 3.61. The highest BCUT2D eigenvalue weighted by Crippen LogP contribution is 2.32. The van der Waals surface area contributed by atoms with Gasteiger partial charge in [0.2, 0.25) is 0 Å². The molecule has 2 aromatic rings. The molecule has 1 aliphatic rings. The zero-order valence-electron chi connectivity index (χ0n) is 10.4. The number of nitrogens with zero attached hydrogens (tertiary/aromatic N) is 3. The van der Waals surface area contributed by atoms with E-state index in [0.717, 1.165) is 18.7 Å². The van der Waals surface area contributed by atoms with Gasteiger partial charge in [-0.2, -0.15) is 0 Å². The van der Waals surface area contributed by atoms with Crippen molar-refractivity contribution in [2.75, 3.05) is 6.54 Å². The van der Waals surface area contributed by atoms with Crippen LogP contribution in [0.2, 0.25) is 0 Å². The minimum Gasteiger partial charge on any atom is -0.507 e. The summed E-state index contributed by atoms with van der Waals surface area (Å²) in [6.07, 6.45) is 1.67. The fourth-order valence-electron chi connectivity index (χ4n) is 2.51. The molecule has 0 radical (unpaired) electrons. The molecule has 0 aliphatic carbocycles. The molecule has 3 rings (SSSR count). The van der Waals surface area contributed by atoms with Crippen LogP contribution in [0.15, 0.2) is 18.2 Å². The molecular formula is C13H15FN4O. The highest BCUT2D eigenvalue weighted by atomic mass is 19.1. The molecule has 6 heteroatoms. The van der Waals surface area contributed by atoms with Gasteiger partial charge in [0.15, 0.2) is 5.82 Å². The Kier molecular flexibility index (Phi) is 2.94. The van der Waals surface area contributed by atoms with Crippen molar-refractivity contribution in [3.8, 4) is 17.1 Å². The van der Waals surface area contributed by atoms with E-state index < -0.39 is 5.82 Å². The predicted octanol–water partition coefficient (Wildman–Crippen LogP) is 1.31. The lowest BCUT2D eigenvalue weighted by molar-refractivity contribution is 0.390. The van der Waals surface area contributed by atoms with Crippen LogP contribution in [0.3, 0.4) is 0 Å². The molecule has 0 fully saturated rings. The molecular weight excluding hydrogens is 247 g/mol. The molecule has 5 nitrogen and oxygen atoms in total. The molecule has 1 unspecified atom stereocenters. The molecule has 1 aromatic carbocycles. The van der Waals surface area contributed by atoms with Gasteiger partial charge in [0.25, 0.3) is 0 Å². The number of fused-ring (bicyclic) bond motifs is 1. The monoisotopic (exact) mass is 262 g/mol. The first-order valence-corrected chi connectivity index (χ1v) is 6.30. The van der Waals surface area contributed by atoms with Crippen LogP contribution in [0.5, 0.6) is 5.75 Å². The second kappa shape index (κ2) is 4.62. The summed E-state index contributed by atoms with van der Waals surface area (Å²) in [4.78, 5) is 0. The maximum absolute atomic E-state index is 13.9. The van der Waals surface area contributed by atoms with Crippen LogP contribution in [0.25, 0.3) is 11.4 Å². The van der Waals surface area contributed by atoms with E-state index in [2.05, 4.69) is 10.2 Å². The van der Waals surface area contributed by atoms with Crippen molar-refractivity contribution in [2.24, 2.45) is 11.7 Å². The van der Waals surface area contributed by atoms with Crippen LogP contribution < -0.4 is 5.73 Å². The summed E-state index contributed by atoms with van der Waals surface area (Å²) < 4.78 is 15.7. The highest BCUT2D eigenvalue weighted by Gasteiger charge is 2.25. The Morgan fingerprint density at radius 2 is 2.26 bits per heavy atom. The summed E-state index contributed by atoms with van der Waals surface area (Å²) in [5, 5.41) is 17.9. The van der Waals surface area contributed by atoms with Gasteiger partial charge in [-0.05, 0) is 31.0 Å². The second-order valence-electron chi connectivity index (χ2n) is 4.82. The van der Waals surface area contributed by atoms with Gasteiger partial charge in [0, 0.05) is 13.0 Å². The number of rotatable bonds is 2. The van der Waals surface area contributed by atoms with Crippen molar-refractivity contribution < 1.29 is 9.50 Å². The summed E-state index contributed by atoms with van der Waals surface area (Å²) in [7, 11) is 0. The fraction of sp³-hybridized carbons (Fsp3) is 0.385. The van der Waals surface area contributed by atoms with Gasteiger partial charge in [-0.3, -0.25) is 0 Å². The molecule has 0 bridgehead atoms. The van der Waals surface area contributed by atoms with Crippen molar-refractivity contribution in [1.82, 2.24) is 14.8 Å². The van der Waals surface area contributed by atoms with Crippen LogP contribution in [-0.4, -0.2) is 26.4 Å². The van der Waals surface area contributed by atoms with Gasteiger partial charge in [-0.1, -0.05) is 6.07 Å². The minimum absolute atomic E-state index is 0.115. The highest BCUT2D eigenvalue weighted by molar-refractivity contribution is 5.64. The third-order valence-electron chi connectivity index (χ3n) is 3.61. The molecule has 0 amide bonds. The van der Waals surface area contributed by atoms with Crippen LogP contribution in [-0.2, 0) is 13.0 Å². The first-order valence-electron chi connectivity index (χ1n) is 6.30. The van der Waals surface area contributed by atoms with Crippen molar-refractivity contribution in [3.63, 3.8) is 0 Å². The largest absolute Gasteiger partial charge is 0.507 e. The topological polar surface area (TPSA) is 77.0 Å².